The predicted molar refractivity (Wildman–Crippen MR) is 126 cm³/mol. The zero-order valence-electron chi connectivity index (χ0n) is 18.2. The largest absolute Gasteiger partial charge is 0.494 e. The molecule has 1 aliphatic rings. The molecule has 0 aliphatic carbocycles. The molecule has 1 aliphatic heterocycles. The molecule has 0 atom stereocenters. The topological polar surface area (TPSA) is 71.5 Å². The van der Waals surface area contributed by atoms with E-state index in [0.717, 1.165) is 31.7 Å². The fourth-order valence-electron chi connectivity index (χ4n) is 3.67. The molecule has 7 heteroatoms. The summed E-state index contributed by atoms with van der Waals surface area (Å²) >= 11 is 1.57. The minimum absolute atomic E-state index is 0.0287. The quantitative estimate of drug-likeness (QED) is 0.379. The molecule has 0 saturated carbocycles. The maximum atomic E-state index is 12.3. The van der Waals surface area contributed by atoms with E-state index < -0.39 is 0 Å². The lowest BCUT2D eigenvalue weighted by Crippen LogP contribution is -2.29. The van der Waals surface area contributed by atoms with E-state index in [-0.39, 0.29) is 11.7 Å². The summed E-state index contributed by atoms with van der Waals surface area (Å²) in [5.41, 5.74) is 3.07. The van der Waals surface area contributed by atoms with Crippen molar-refractivity contribution in [1.29, 1.82) is 0 Å². The third-order valence-electron chi connectivity index (χ3n) is 5.38. The van der Waals surface area contributed by atoms with Gasteiger partial charge in [0.25, 0.3) is 0 Å². The summed E-state index contributed by atoms with van der Waals surface area (Å²) in [6.45, 7) is 4.75. The molecular formula is C25H27N3O3S. The van der Waals surface area contributed by atoms with Crippen LogP contribution in [0.5, 0.6) is 5.75 Å². The van der Waals surface area contributed by atoms with Gasteiger partial charge in [-0.3, -0.25) is 14.5 Å². The van der Waals surface area contributed by atoms with E-state index in [4.69, 9.17) is 4.74 Å². The van der Waals surface area contributed by atoms with Gasteiger partial charge in [0.05, 0.1) is 12.3 Å². The summed E-state index contributed by atoms with van der Waals surface area (Å²) in [5, 5.41) is 3.62. The molecule has 166 valence electrons. The first-order valence-corrected chi connectivity index (χ1v) is 11.7. The number of anilines is 1. The smallest absolute Gasteiger partial charge is 0.226 e. The van der Waals surface area contributed by atoms with Crippen LogP contribution in [-0.2, 0) is 24.3 Å². The number of ketones is 1. The second-order valence-electron chi connectivity index (χ2n) is 7.92. The SMILES string of the molecule is CC(=O)c1ccc(OCCCC(=O)Nc2nc3c(s2)CN(Cc2ccccc2)CC3)cc1. The van der Waals surface area contributed by atoms with Crippen LogP contribution in [0.1, 0.15) is 46.3 Å². The summed E-state index contributed by atoms with van der Waals surface area (Å²) in [4.78, 5) is 31.9. The highest BCUT2D eigenvalue weighted by Crippen LogP contribution is 2.29. The average molecular weight is 450 g/mol. The van der Waals surface area contributed by atoms with Crippen molar-refractivity contribution in [1.82, 2.24) is 9.88 Å². The van der Waals surface area contributed by atoms with Gasteiger partial charge in [0.15, 0.2) is 10.9 Å². The second-order valence-corrected chi connectivity index (χ2v) is 9.00. The van der Waals surface area contributed by atoms with Gasteiger partial charge in [-0.2, -0.15) is 0 Å². The number of nitrogens with zero attached hydrogens (tertiary/aromatic N) is 2. The van der Waals surface area contributed by atoms with Gasteiger partial charge in [-0.15, -0.1) is 11.3 Å². The number of fused-ring (bicyclic) bond motifs is 1. The first kappa shape index (κ1) is 22.2. The summed E-state index contributed by atoms with van der Waals surface area (Å²) < 4.78 is 5.66. The number of hydrogen-bond acceptors (Lipinski definition) is 6. The van der Waals surface area contributed by atoms with E-state index in [9.17, 15) is 9.59 Å². The zero-order valence-corrected chi connectivity index (χ0v) is 19.0. The molecule has 6 nitrogen and oxygen atoms in total. The van der Waals surface area contributed by atoms with Crippen LogP contribution in [-0.4, -0.2) is 34.7 Å². The van der Waals surface area contributed by atoms with E-state index in [1.807, 2.05) is 6.07 Å². The number of rotatable bonds is 9. The Kier molecular flexibility index (Phi) is 7.29. The van der Waals surface area contributed by atoms with Crippen LogP contribution < -0.4 is 10.1 Å². The van der Waals surface area contributed by atoms with Gasteiger partial charge < -0.3 is 10.1 Å². The predicted octanol–water partition coefficient (Wildman–Crippen LogP) is 4.70. The van der Waals surface area contributed by atoms with Crippen molar-refractivity contribution in [3.63, 3.8) is 0 Å². The maximum Gasteiger partial charge on any atom is 0.226 e. The second kappa shape index (κ2) is 10.5. The van der Waals surface area contributed by atoms with Crippen LogP contribution in [0, 0.1) is 0 Å². The first-order valence-electron chi connectivity index (χ1n) is 10.9. The minimum atomic E-state index is -0.0484. The standard InChI is InChI=1S/C25H27N3O3S/c1-18(29)20-9-11-21(12-10-20)31-15-5-8-24(30)27-25-26-22-13-14-28(17-23(22)32-25)16-19-6-3-2-4-7-19/h2-4,6-7,9-12H,5,8,13-17H2,1H3,(H,26,27,30). The first-order chi connectivity index (χ1) is 15.6. The van der Waals surface area contributed by atoms with Crippen LogP contribution in [0.4, 0.5) is 5.13 Å². The molecule has 4 rings (SSSR count). The van der Waals surface area contributed by atoms with Gasteiger partial charge in [0, 0.05) is 42.9 Å². The molecule has 32 heavy (non-hydrogen) atoms. The molecule has 0 bridgehead atoms. The van der Waals surface area contributed by atoms with Gasteiger partial charge in [0.1, 0.15) is 5.75 Å². The monoisotopic (exact) mass is 449 g/mol. The molecular weight excluding hydrogens is 422 g/mol. The van der Waals surface area contributed by atoms with Crippen molar-refractivity contribution in [3.05, 3.63) is 76.3 Å². The van der Waals surface area contributed by atoms with E-state index >= 15 is 0 Å². The molecule has 0 fully saturated rings. The molecule has 0 radical (unpaired) electrons. The molecule has 0 saturated heterocycles. The Morgan fingerprint density at radius 1 is 1.12 bits per heavy atom. The Morgan fingerprint density at radius 2 is 1.91 bits per heavy atom. The van der Waals surface area contributed by atoms with Crippen molar-refractivity contribution in [3.8, 4) is 5.75 Å². The summed E-state index contributed by atoms with van der Waals surface area (Å²) in [5.74, 6) is 0.678. The number of ether oxygens (including phenoxy) is 1. The number of amides is 1. The fourth-order valence-corrected chi connectivity index (χ4v) is 4.74. The van der Waals surface area contributed by atoms with E-state index in [0.29, 0.717) is 35.9 Å². The van der Waals surface area contributed by atoms with Gasteiger partial charge >= 0.3 is 0 Å². The van der Waals surface area contributed by atoms with E-state index in [2.05, 4.69) is 39.5 Å². The van der Waals surface area contributed by atoms with Crippen molar-refractivity contribution in [2.24, 2.45) is 0 Å². The van der Waals surface area contributed by atoms with Crippen molar-refractivity contribution >= 4 is 28.2 Å². The lowest BCUT2D eigenvalue weighted by Gasteiger charge is -2.25. The number of nitrogens with one attached hydrogen (secondary N) is 1. The Balaban J connectivity index is 1.20. The van der Waals surface area contributed by atoms with E-state index in [1.54, 1.807) is 35.6 Å². The Morgan fingerprint density at radius 3 is 2.66 bits per heavy atom. The molecule has 2 aromatic carbocycles. The third-order valence-corrected chi connectivity index (χ3v) is 6.38. The number of carbonyl (C=O) groups is 2. The molecule has 1 aromatic heterocycles. The fraction of sp³-hybridized carbons (Fsp3) is 0.320. The number of aromatic nitrogens is 1. The van der Waals surface area contributed by atoms with Crippen molar-refractivity contribution < 1.29 is 14.3 Å². The molecule has 3 aromatic rings. The Bertz CT molecular complexity index is 1060. The number of carbonyl (C=O) groups excluding carboxylic acids is 2. The highest BCUT2D eigenvalue weighted by Gasteiger charge is 2.21. The highest BCUT2D eigenvalue weighted by molar-refractivity contribution is 7.15. The maximum absolute atomic E-state index is 12.3. The number of hydrogen-bond donors (Lipinski definition) is 1. The van der Waals surface area contributed by atoms with Crippen LogP contribution in [0.3, 0.4) is 0 Å². The van der Waals surface area contributed by atoms with Crippen LogP contribution in [0.15, 0.2) is 54.6 Å². The third kappa shape index (κ3) is 6.02. The number of benzene rings is 2. The highest BCUT2D eigenvalue weighted by atomic mass is 32.1. The molecule has 2 heterocycles. The van der Waals surface area contributed by atoms with Gasteiger partial charge in [-0.25, -0.2) is 4.98 Å². The van der Waals surface area contributed by atoms with E-state index in [1.165, 1.54) is 17.4 Å². The van der Waals surface area contributed by atoms with Crippen LogP contribution in [0.25, 0.3) is 0 Å². The van der Waals surface area contributed by atoms with Crippen molar-refractivity contribution in [2.45, 2.75) is 39.3 Å². The number of Topliss-reactive ketones (excluding diaryl/α,β-unsaturated/α-hetero) is 1. The van der Waals surface area contributed by atoms with Gasteiger partial charge in [-0.05, 0) is 43.2 Å². The average Bonchev–Trinajstić information content (AvgIpc) is 3.19. The number of thiazole rings is 1. The molecule has 0 spiro atoms. The lowest BCUT2D eigenvalue weighted by atomic mass is 10.1. The summed E-state index contributed by atoms with van der Waals surface area (Å²) in [7, 11) is 0. The van der Waals surface area contributed by atoms with Crippen LogP contribution in [0.2, 0.25) is 0 Å². The van der Waals surface area contributed by atoms with Gasteiger partial charge in [-0.1, -0.05) is 30.3 Å². The Hall–Kier alpha value is -3.03. The lowest BCUT2D eigenvalue weighted by molar-refractivity contribution is -0.116. The molecule has 0 unspecified atom stereocenters. The summed E-state index contributed by atoms with van der Waals surface area (Å²) in [6, 6.07) is 17.5. The van der Waals surface area contributed by atoms with Gasteiger partial charge in [0.2, 0.25) is 5.91 Å². The molecule has 1 N–H and O–H groups in total. The minimum Gasteiger partial charge on any atom is -0.494 e. The van der Waals surface area contributed by atoms with Crippen LogP contribution >= 0.6 is 11.3 Å². The summed E-state index contributed by atoms with van der Waals surface area (Å²) in [6.07, 6.45) is 1.89. The normalized spacial score (nSPS) is 13.4. The Labute approximate surface area is 192 Å². The molecule has 1 amide bonds. The van der Waals surface area contributed by atoms with Crippen molar-refractivity contribution in [2.75, 3.05) is 18.5 Å². The zero-order chi connectivity index (χ0) is 22.3.